The van der Waals surface area contributed by atoms with Crippen LogP contribution in [0.4, 0.5) is 40.8 Å². The van der Waals surface area contributed by atoms with Crippen molar-refractivity contribution in [1.29, 1.82) is 0 Å². The van der Waals surface area contributed by atoms with Crippen molar-refractivity contribution in [1.82, 2.24) is 0 Å². The molecule has 37 heavy (non-hydrogen) atoms. The summed E-state index contributed by atoms with van der Waals surface area (Å²) in [5.74, 6) is -1.08. The fourth-order valence-corrected chi connectivity index (χ4v) is 4.49. The lowest BCUT2D eigenvalue weighted by Gasteiger charge is -2.41. The second-order valence-electron chi connectivity index (χ2n) is 8.61. The van der Waals surface area contributed by atoms with Crippen LogP contribution in [0.3, 0.4) is 0 Å². The molecule has 4 rings (SSSR count). The summed E-state index contributed by atoms with van der Waals surface area (Å²) in [4.78, 5) is 1.30. The molecular formula is C26H21F8NO2. The molecular weight excluding hydrogens is 510 g/mol. The molecule has 0 radical (unpaired) electrons. The van der Waals surface area contributed by atoms with Crippen LogP contribution in [0.1, 0.15) is 23.6 Å². The van der Waals surface area contributed by atoms with Gasteiger partial charge in [0, 0.05) is 5.69 Å². The predicted molar refractivity (Wildman–Crippen MR) is 120 cm³/mol. The standard InChI is InChI=1S/C26H21F8NO2/c27-17-6-1-4-15(12-17)19-8-3-9-22-20(19)10-11-21(35(22)14-23(36)25(30,31)32)16-5-2-7-18(13-16)37-26(33,34)24(28)29/h1-9,12-13,21,23-24,36H,10-11,14H2/t21-,23+/m1/s1. The summed E-state index contributed by atoms with van der Waals surface area (Å²) in [6.07, 6.45) is -16.0. The molecule has 3 aromatic rings. The van der Waals surface area contributed by atoms with Crippen LogP contribution in [0, 0.1) is 5.82 Å². The third-order valence-corrected chi connectivity index (χ3v) is 6.14. The summed E-state index contributed by atoms with van der Waals surface area (Å²) in [6, 6.07) is 14.5. The number of halogens is 8. The van der Waals surface area contributed by atoms with Gasteiger partial charge in [0.15, 0.2) is 6.10 Å². The summed E-state index contributed by atoms with van der Waals surface area (Å²) in [7, 11) is 0. The smallest absolute Gasteiger partial charge is 0.428 e. The summed E-state index contributed by atoms with van der Waals surface area (Å²) in [5, 5.41) is 9.90. The fraction of sp³-hybridized carbons (Fsp3) is 0.308. The number of alkyl halides is 7. The normalized spacial score (nSPS) is 17.0. The van der Waals surface area contributed by atoms with Crippen molar-refractivity contribution >= 4 is 5.69 Å². The van der Waals surface area contributed by atoms with Crippen molar-refractivity contribution < 1.29 is 45.0 Å². The van der Waals surface area contributed by atoms with Crippen molar-refractivity contribution in [2.75, 3.05) is 11.4 Å². The SMILES string of the molecule is O[C@@H](CN1c2cccc(-c3cccc(F)c3)c2CC[C@@H]1c1cccc(OC(F)(F)C(F)F)c1)C(F)(F)F. The molecule has 2 atom stereocenters. The first-order valence-electron chi connectivity index (χ1n) is 11.2. The molecule has 3 aromatic carbocycles. The van der Waals surface area contributed by atoms with Crippen LogP contribution >= 0.6 is 0 Å². The number of hydrogen-bond donors (Lipinski definition) is 1. The van der Waals surface area contributed by atoms with E-state index in [1.807, 2.05) is 0 Å². The van der Waals surface area contributed by atoms with Crippen molar-refractivity contribution in [2.24, 2.45) is 0 Å². The lowest BCUT2D eigenvalue weighted by molar-refractivity contribution is -0.253. The van der Waals surface area contributed by atoms with E-state index in [1.54, 1.807) is 24.3 Å². The maximum absolute atomic E-state index is 13.9. The molecule has 0 unspecified atom stereocenters. The highest BCUT2D eigenvalue weighted by atomic mass is 19.4. The van der Waals surface area contributed by atoms with Gasteiger partial charge >= 0.3 is 18.7 Å². The van der Waals surface area contributed by atoms with Crippen molar-refractivity contribution in [3.63, 3.8) is 0 Å². The van der Waals surface area contributed by atoms with Gasteiger partial charge in [0.2, 0.25) is 0 Å². The van der Waals surface area contributed by atoms with E-state index in [0.29, 0.717) is 28.8 Å². The number of benzene rings is 3. The van der Waals surface area contributed by atoms with Gasteiger partial charge in [-0.2, -0.15) is 30.7 Å². The minimum atomic E-state index is -4.94. The van der Waals surface area contributed by atoms with E-state index in [9.17, 15) is 40.2 Å². The second kappa shape index (κ2) is 10.2. The molecule has 0 bridgehead atoms. The van der Waals surface area contributed by atoms with E-state index in [4.69, 9.17) is 0 Å². The summed E-state index contributed by atoms with van der Waals surface area (Å²) in [5.41, 5.74) is 2.30. The zero-order chi connectivity index (χ0) is 27.0. The number of anilines is 1. The first-order valence-corrected chi connectivity index (χ1v) is 11.2. The molecule has 1 aliphatic rings. The predicted octanol–water partition coefficient (Wildman–Crippen LogP) is 7.15. The number of hydrogen-bond acceptors (Lipinski definition) is 3. The lowest BCUT2D eigenvalue weighted by Crippen LogP contribution is -2.44. The zero-order valence-corrected chi connectivity index (χ0v) is 19.0. The number of ether oxygens (including phenoxy) is 1. The van der Waals surface area contributed by atoms with E-state index in [-0.39, 0.29) is 12.0 Å². The zero-order valence-electron chi connectivity index (χ0n) is 19.0. The molecule has 3 nitrogen and oxygen atoms in total. The van der Waals surface area contributed by atoms with Gasteiger partial charge < -0.3 is 14.7 Å². The lowest BCUT2D eigenvalue weighted by atomic mass is 9.86. The number of nitrogens with zero attached hydrogens (tertiary/aromatic N) is 1. The average molecular weight is 531 g/mol. The third-order valence-electron chi connectivity index (χ3n) is 6.14. The molecule has 0 amide bonds. The highest BCUT2D eigenvalue weighted by Gasteiger charge is 2.44. The van der Waals surface area contributed by atoms with E-state index >= 15 is 0 Å². The molecule has 198 valence electrons. The van der Waals surface area contributed by atoms with Crippen LogP contribution in [0.25, 0.3) is 11.1 Å². The van der Waals surface area contributed by atoms with Gasteiger partial charge in [-0.25, -0.2) is 4.39 Å². The molecule has 0 saturated heterocycles. The minimum absolute atomic E-state index is 0.193. The van der Waals surface area contributed by atoms with Crippen LogP contribution in [-0.4, -0.2) is 36.5 Å². The third kappa shape index (κ3) is 5.82. The van der Waals surface area contributed by atoms with Gasteiger partial charge in [0.1, 0.15) is 11.6 Å². The van der Waals surface area contributed by atoms with Gasteiger partial charge in [-0.1, -0.05) is 36.4 Å². The molecule has 1 aliphatic heterocycles. The molecule has 0 saturated carbocycles. The Morgan fingerprint density at radius 3 is 2.32 bits per heavy atom. The molecule has 0 aliphatic carbocycles. The highest BCUT2D eigenvalue weighted by molar-refractivity contribution is 5.76. The molecule has 0 fully saturated rings. The van der Waals surface area contributed by atoms with Crippen LogP contribution in [0.15, 0.2) is 66.7 Å². The van der Waals surface area contributed by atoms with Gasteiger partial charge in [-0.3, -0.25) is 0 Å². The average Bonchev–Trinajstić information content (AvgIpc) is 2.83. The number of aliphatic hydroxyl groups excluding tert-OH is 1. The molecule has 0 spiro atoms. The molecule has 1 N–H and O–H groups in total. The number of aliphatic hydroxyl groups is 1. The van der Waals surface area contributed by atoms with Gasteiger partial charge in [0.05, 0.1) is 12.6 Å². The van der Waals surface area contributed by atoms with Crippen LogP contribution in [0.5, 0.6) is 5.75 Å². The maximum atomic E-state index is 13.9. The number of β-amino-alcohol motifs (C(OH)–C–C–N with tert-alkyl or cyclic N) is 1. The monoisotopic (exact) mass is 531 g/mol. The van der Waals surface area contributed by atoms with Gasteiger partial charge in [-0.15, -0.1) is 0 Å². The topological polar surface area (TPSA) is 32.7 Å². The van der Waals surface area contributed by atoms with E-state index < -0.39 is 49.0 Å². The first-order chi connectivity index (χ1) is 17.4. The summed E-state index contributed by atoms with van der Waals surface area (Å²) in [6.45, 7) is -0.883. The Balaban J connectivity index is 1.76. The van der Waals surface area contributed by atoms with E-state index in [2.05, 4.69) is 4.74 Å². The first kappa shape index (κ1) is 26.7. The highest BCUT2D eigenvalue weighted by Crippen LogP contribution is 2.44. The summed E-state index contributed by atoms with van der Waals surface area (Å²) >= 11 is 0. The largest absolute Gasteiger partial charge is 0.461 e. The van der Waals surface area contributed by atoms with Crippen molar-refractivity contribution in [3.8, 4) is 16.9 Å². The van der Waals surface area contributed by atoms with E-state index in [0.717, 1.165) is 12.1 Å². The van der Waals surface area contributed by atoms with Crippen LogP contribution in [-0.2, 0) is 6.42 Å². The molecule has 0 aromatic heterocycles. The molecule has 1 heterocycles. The van der Waals surface area contributed by atoms with E-state index in [1.165, 1.54) is 35.2 Å². The Labute approximate surface area is 206 Å². The van der Waals surface area contributed by atoms with Crippen molar-refractivity contribution in [2.45, 2.75) is 43.7 Å². The summed E-state index contributed by atoms with van der Waals surface area (Å²) < 4.78 is 110. The van der Waals surface area contributed by atoms with Gasteiger partial charge in [-0.05, 0) is 65.4 Å². The fourth-order valence-electron chi connectivity index (χ4n) is 4.49. The number of rotatable bonds is 7. The second-order valence-corrected chi connectivity index (χ2v) is 8.61. The van der Waals surface area contributed by atoms with Gasteiger partial charge in [0.25, 0.3) is 0 Å². The Morgan fingerprint density at radius 2 is 1.65 bits per heavy atom. The molecule has 11 heteroatoms. The van der Waals surface area contributed by atoms with Crippen LogP contribution in [0.2, 0.25) is 0 Å². The number of fused-ring (bicyclic) bond motifs is 1. The maximum Gasteiger partial charge on any atom is 0.461 e. The quantitative estimate of drug-likeness (QED) is 0.329. The Hall–Kier alpha value is -3.34. The Kier molecular flexibility index (Phi) is 7.36. The van der Waals surface area contributed by atoms with Crippen molar-refractivity contribution in [3.05, 3.63) is 83.7 Å². The Bertz CT molecular complexity index is 1250. The van der Waals surface area contributed by atoms with Crippen LogP contribution < -0.4 is 9.64 Å². The minimum Gasteiger partial charge on any atom is -0.428 e. The Morgan fingerprint density at radius 1 is 0.946 bits per heavy atom.